The monoisotopic (exact) mass is 534 g/mol. The molecule has 0 spiro atoms. The number of rotatable bonds is 9. The Hall–Kier alpha value is -4.62. The number of nitrogens with zero attached hydrogens (tertiary/aromatic N) is 7. The van der Waals surface area contributed by atoms with Gasteiger partial charge in [0.15, 0.2) is 11.6 Å². The number of hydrogen-bond acceptors (Lipinski definition) is 11. The third-order valence-electron chi connectivity index (χ3n) is 7.14. The molecule has 39 heavy (non-hydrogen) atoms. The van der Waals surface area contributed by atoms with Gasteiger partial charge in [0.25, 0.3) is 5.56 Å². The van der Waals surface area contributed by atoms with Gasteiger partial charge in [-0.25, -0.2) is 24.7 Å². The number of nitrogens with one attached hydrogen (secondary N) is 2. The highest BCUT2D eigenvalue weighted by Crippen LogP contribution is 2.45. The van der Waals surface area contributed by atoms with Crippen molar-refractivity contribution in [3.63, 3.8) is 0 Å². The predicted octanol–water partition coefficient (Wildman–Crippen LogP) is 0.251. The summed E-state index contributed by atoms with van der Waals surface area (Å²) in [7, 11) is 1.38. The predicted molar refractivity (Wildman–Crippen MR) is 144 cm³/mol. The summed E-state index contributed by atoms with van der Waals surface area (Å²) in [6, 6.07) is 0.588. The number of anilines is 4. The standard InChI is InChI=1S/C25H30N10O4/c1-4-17(36)12-35-23(38)19(20(26)33(3)25(35)39)30-13(2)22(37)32-18-5-6-27-21(31-18)16-8-28-24(29-9-16)34-10-14-7-15(14)11-34/h5-6,8-9,13-15,30H,4,7,10-12,26H2,1-3H3,(H,27,31,32,37). The van der Waals surface area contributed by atoms with Crippen LogP contribution < -0.4 is 32.5 Å². The molecule has 4 heterocycles. The van der Waals surface area contributed by atoms with E-state index in [1.807, 2.05) is 0 Å². The summed E-state index contributed by atoms with van der Waals surface area (Å²) in [5.74, 6) is 1.85. The zero-order valence-corrected chi connectivity index (χ0v) is 21.9. The summed E-state index contributed by atoms with van der Waals surface area (Å²) in [4.78, 5) is 70.0. The summed E-state index contributed by atoms with van der Waals surface area (Å²) in [5.41, 5.74) is 4.95. The molecule has 1 aliphatic heterocycles. The van der Waals surface area contributed by atoms with E-state index >= 15 is 0 Å². The van der Waals surface area contributed by atoms with Gasteiger partial charge in [-0.15, -0.1) is 0 Å². The van der Waals surface area contributed by atoms with Gasteiger partial charge in [-0.1, -0.05) is 6.92 Å². The molecule has 1 aliphatic carbocycles. The van der Waals surface area contributed by atoms with Gasteiger partial charge in [0, 0.05) is 45.1 Å². The van der Waals surface area contributed by atoms with Crippen LogP contribution in [0.2, 0.25) is 0 Å². The van der Waals surface area contributed by atoms with Crippen LogP contribution in [0, 0.1) is 11.8 Å². The van der Waals surface area contributed by atoms with Crippen molar-refractivity contribution in [1.29, 1.82) is 0 Å². The van der Waals surface area contributed by atoms with Crippen LogP contribution in [-0.4, -0.2) is 59.9 Å². The van der Waals surface area contributed by atoms with Crippen molar-refractivity contribution in [2.75, 3.05) is 34.4 Å². The molecule has 204 valence electrons. The van der Waals surface area contributed by atoms with E-state index in [9.17, 15) is 19.2 Å². The molecule has 3 unspecified atom stereocenters. The lowest BCUT2D eigenvalue weighted by Crippen LogP contribution is -2.44. The SMILES string of the molecule is CCC(=O)Cn1c(=O)c(NC(C)C(=O)Nc2ccnc(-c3cnc(N4CC5CC5C4)nc3)n2)c(N)n(C)c1=O. The minimum absolute atomic E-state index is 0.149. The number of piperidine rings is 1. The Morgan fingerprint density at radius 1 is 1.15 bits per heavy atom. The Labute approximate surface area is 223 Å². The van der Waals surface area contributed by atoms with Crippen LogP contribution in [0.4, 0.5) is 23.3 Å². The molecule has 5 rings (SSSR count). The second kappa shape index (κ2) is 10.3. The number of ketones is 1. The Bertz CT molecular complexity index is 1540. The minimum Gasteiger partial charge on any atom is -0.383 e. The quantitative estimate of drug-likeness (QED) is 0.342. The van der Waals surface area contributed by atoms with Gasteiger partial charge in [-0.05, 0) is 31.2 Å². The second-order valence-electron chi connectivity index (χ2n) is 9.94. The number of carbonyl (C=O) groups is 2. The number of hydrogen-bond donors (Lipinski definition) is 3. The first-order chi connectivity index (χ1) is 18.7. The van der Waals surface area contributed by atoms with E-state index in [1.54, 1.807) is 19.3 Å². The molecule has 1 amide bonds. The fourth-order valence-electron chi connectivity index (χ4n) is 4.59. The van der Waals surface area contributed by atoms with E-state index in [-0.39, 0.29) is 36.1 Å². The number of nitrogens with two attached hydrogens (primary N) is 1. The smallest absolute Gasteiger partial charge is 0.332 e. The Balaban J connectivity index is 1.28. The maximum absolute atomic E-state index is 12.9. The van der Waals surface area contributed by atoms with Crippen molar-refractivity contribution < 1.29 is 9.59 Å². The van der Waals surface area contributed by atoms with Crippen LogP contribution >= 0.6 is 0 Å². The van der Waals surface area contributed by atoms with Crippen LogP contribution in [-0.2, 0) is 23.2 Å². The average molecular weight is 535 g/mol. The number of aromatic nitrogens is 6. The molecule has 2 aliphatic rings. The van der Waals surface area contributed by atoms with Crippen LogP contribution in [0.3, 0.4) is 0 Å². The third kappa shape index (κ3) is 5.22. The van der Waals surface area contributed by atoms with E-state index in [0.29, 0.717) is 17.3 Å². The highest BCUT2D eigenvalue weighted by molar-refractivity contribution is 5.96. The average Bonchev–Trinajstić information content (AvgIpc) is 3.56. The molecule has 1 saturated heterocycles. The first kappa shape index (κ1) is 26.0. The van der Waals surface area contributed by atoms with Crippen molar-refractivity contribution >= 4 is 35.0 Å². The van der Waals surface area contributed by atoms with Gasteiger partial charge in [0.2, 0.25) is 11.9 Å². The molecule has 0 bridgehead atoms. The second-order valence-corrected chi connectivity index (χ2v) is 9.94. The maximum atomic E-state index is 12.9. The number of carbonyl (C=O) groups excluding carboxylic acids is 2. The molecule has 3 atom stereocenters. The third-order valence-corrected chi connectivity index (χ3v) is 7.14. The summed E-state index contributed by atoms with van der Waals surface area (Å²) in [6.45, 7) is 4.76. The van der Waals surface area contributed by atoms with E-state index in [4.69, 9.17) is 5.73 Å². The fraction of sp³-hybridized carbons (Fsp3) is 0.440. The Morgan fingerprint density at radius 3 is 2.51 bits per heavy atom. The minimum atomic E-state index is -0.944. The molecule has 1 saturated carbocycles. The Kier molecular flexibility index (Phi) is 6.85. The van der Waals surface area contributed by atoms with E-state index in [0.717, 1.165) is 34.1 Å². The molecule has 0 aromatic carbocycles. The molecule has 4 N–H and O–H groups in total. The van der Waals surface area contributed by atoms with E-state index < -0.39 is 23.2 Å². The molecule has 3 aromatic rings. The van der Waals surface area contributed by atoms with Crippen molar-refractivity contribution in [1.82, 2.24) is 29.1 Å². The van der Waals surface area contributed by atoms with Crippen molar-refractivity contribution in [3.8, 4) is 11.4 Å². The molecule has 2 fully saturated rings. The molecule has 14 nitrogen and oxygen atoms in total. The first-order valence-electron chi connectivity index (χ1n) is 12.7. The molecular formula is C25H30N10O4. The van der Waals surface area contributed by atoms with E-state index in [2.05, 4.69) is 35.5 Å². The number of nitrogen functional groups attached to an aromatic ring is 1. The Morgan fingerprint density at radius 2 is 1.85 bits per heavy atom. The van der Waals surface area contributed by atoms with Gasteiger partial charge < -0.3 is 21.3 Å². The lowest BCUT2D eigenvalue weighted by molar-refractivity contribution is -0.119. The zero-order chi connectivity index (χ0) is 27.8. The molecule has 0 radical (unpaired) electrons. The van der Waals surface area contributed by atoms with Gasteiger partial charge in [-0.2, -0.15) is 0 Å². The number of fused-ring (bicyclic) bond motifs is 1. The molecule has 3 aromatic heterocycles. The number of Topliss-reactive ketones (excluding diaryl/α,β-unsaturated/α-hetero) is 1. The van der Waals surface area contributed by atoms with Crippen molar-refractivity contribution in [2.45, 2.75) is 39.3 Å². The van der Waals surface area contributed by atoms with Crippen LogP contribution in [0.5, 0.6) is 0 Å². The summed E-state index contributed by atoms with van der Waals surface area (Å²) in [6.07, 6.45) is 6.29. The molecular weight excluding hydrogens is 504 g/mol. The van der Waals surface area contributed by atoms with Crippen LogP contribution in [0.25, 0.3) is 11.4 Å². The van der Waals surface area contributed by atoms with Gasteiger partial charge in [0.05, 0.1) is 12.1 Å². The van der Waals surface area contributed by atoms with Crippen LogP contribution in [0.15, 0.2) is 34.2 Å². The largest absolute Gasteiger partial charge is 0.383 e. The van der Waals surface area contributed by atoms with Crippen molar-refractivity contribution in [3.05, 3.63) is 45.5 Å². The molecule has 14 heteroatoms. The fourth-order valence-corrected chi connectivity index (χ4v) is 4.59. The van der Waals surface area contributed by atoms with Gasteiger partial charge in [0.1, 0.15) is 23.4 Å². The highest BCUT2D eigenvalue weighted by Gasteiger charge is 2.45. The van der Waals surface area contributed by atoms with E-state index in [1.165, 1.54) is 32.7 Å². The van der Waals surface area contributed by atoms with Crippen molar-refractivity contribution in [2.24, 2.45) is 18.9 Å². The normalized spacial score (nSPS) is 18.4. The first-order valence-corrected chi connectivity index (χ1v) is 12.7. The van der Waals surface area contributed by atoms with Gasteiger partial charge >= 0.3 is 5.69 Å². The summed E-state index contributed by atoms with van der Waals surface area (Å²) in [5, 5.41) is 5.46. The maximum Gasteiger partial charge on any atom is 0.332 e. The summed E-state index contributed by atoms with van der Waals surface area (Å²) >= 11 is 0. The lowest BCUT2D eigenvalue weighted by atomic mass is 10.2. The number of amides is 1. The topological polar surface area (TPSA) is 183 Å². The lowest BCUT2D eigenvalue weighted by Gasteiger charge is -2.19. The van der Waals surface area contributed by atoms with Crippen LogP contribution in [0.1, 0.15) is 26.7 Å². The van der Waals surface area contributed by atoms with Gasteiger partial charge in [-0.3, -0.25) is 23.5 Å². The summed E-state index contributed by atoms with van der Waals surface area (Å²) < 4.78 is 1.85. The highest BCUT2D eigenvalue weighted by atomic mass is 16.2. The zero-order valence-electron chi connectivity index (χ0n) is 21.9.